The average molecular weight is 460 g/mol. The number of rotatable bonds is 7. The molecule has 7 heteroatoms. The molecular weight excluding hydrogens is 434 g/mol. The Bertz CT molecular complexity index is 1280. The highest BCUT2D eigenvalue weighted by molar-refractivity contribution is 7.80. The molecule has 0 aliphatic heterocycles. The fourth-order valence-corrected chi connectivity index (χ4v) is 3.51. The molecule has 0 saturated carbocycles. The molecule has 0 saturated heterocycles. The van der Waals surface area contributed by atoms with E-state index in [9.17, 15) is 4.79 Å². The van der Waals surface area contributed by atoms with E-state index in [0.29, 0.717) is 23.8 Å². The van der Waals surface area contributed by atoms with Crippen LogP contribution in [-0.4, -0.2) is 22.6 Å². The summed E-state index contributed by atoms with van der Waals surface area (Å²) < 4.78 is 11.5. The molecule has 0 spiro atoms. The first-order chi connectivity index (χ1) is 16.1. The highest BCUT2D eigenvalue weighted by Crippen LogP contribution is 2.26. The van der Waals surface area contributed by atoms with Crippen molar-refractivity contribution in [3.63, 3.8) is 0 Å². The van der Waals surface area contributed by atoms with Crippen LogP contribution in [0.3, 0.4) is 0 Å². The first-order valence-electron chi connectivity index (χ1n) is 10.9. The van der Waals surface area contributed by atoms with Gasteiger partial charge in [-0.25, -0.2) is 4.98 Å². The molecule has 4 aromatic rings. The second kappa shape index (κ2) is 10.3. The van der Waals surface area contributed by atoms with E-state index in [2.05, 4.69) is 22.5 Å². The van der Waals surface area contributed by atoms with Gasteiger partial charge in [-0.3, -0.25) is 10.1 Å². The third kappa shape index (κ3) is 5.56. The molecule has 4 rings (SSSR count). The monoisotopic (exact) mass is 459 g/mol. The molecule has 0 fully saturated rings. The number of carbonyl (C=O) groups excluding carboxylic acids is 1. The van der Waals surface area contributed by atoms with Crippen LogP contribution in [0.1, 0.15) is 36.2 Å². The van der Waals surface area contributed by atoms with E-state index < -0.39 is 0 Å². The lowest BCUT2D eigenvalue weighted by atomic mass is 10.1. The number of thiocarbonyl (C=S) groups is 1. The summed E-state index contributed by atoms with van der Waals surface area (Å²) in [7, 11) is 0. The topological polar surface area (TPSA) is 76.4 Å². The number of oxazole rings is 1. The molecule has 0 atom stereocenters. The summed E-state index contributed by atoms with van der Waals surface area (Å²) in [6, 6.07) is 20.6. The van der Waals surface area contributed by atoms with Crippen molar-refractivity contribution in [2.75, 3.05) is 11.9 Å². The zero-order chi connectivity index (χ0) is 23.2. The summed E-state index contributed by atoms with van der Waals surface area (Å²) in [4.78, 5) is 17.1. The lowest BCUT2D eigenvalue weighted by molar-refractivity contribution is 0.0977. The van der Waals surface area contributed by atoms with Crippen molar-refractivity contribution in [3.8, 4) is 17.2 Å². The number of nitrogens with zero attached hydrogens (tertiary/aromatic N) is 1. The number of amides is 1. The molecule has 1 heterocycles. The number of aromatic nitrogens is 1. The highest BCUT2D eigenvalue weighted by atomic mass is 32.1. The van der Waals surface area contributed by atoms with E-state index in [1.54, 1.807) is 18.2 Å². The van der Waals surface area contributed by atoms with Crippen molar-refractivity contribution in [1.82, 2.24) is 10.3 Å². The van der Waals surface area contributed by atoms with E-state index >= 15 is 0 Å². The van der Waals surface area contributed by atoms with Crippen molar-refractivity contribution in [2.24, 2.45) is 0 Å². The molecule has 1 aromatic heterocycles. The predicted octanol–water partition coefficient (Wildman–Crippen LogP) is 5.97. The summed E-state index contributed by atoms with van der Waals surface area (Å²) in [5, 5.41) is 5.94. The maximum absolute atomic E-state index is 12.5. The Hall–Kier alpha value is -3.71. The zero-order valence-corrected chi connectivity index (χ0v) is 19.4. The highest BCUT2D eigenvalue weighted by Gasteiger charge is 2.11. The number of hydrogen-bond donors (Lipinski definition) is 2. The number of hydrogen-bond acceptors (Lipinski definition) is 5. The van der Waals surface area contributed by atoms with Gasteiger partial charge < -0.3 is 14.5 Å². The minimum atomic E-state index is -0.302. The van der Waals surface area contributed by atoms with Gasteiger partial charge in [0.05, 0.1) is 6.61 Å². The van der Waals surface area contributed by atoms with Crippen LogP contribution in [0.4, 0.5) is 5.69 Å². The van der Waals surface area contributed by atoms with Gasteiger partial charge in [-0.2, -0.15) is 0 Å². The van der Waals surface area contributed by atoms with Gasteiger partial charge in [0.25, 0.3) is 5.91 Å². The molecule has 6 nitrogen and oxygen atoms in total. The minimum Gasteiger partial charge on any atom is -0.494 e. The van der Waals surface area contributed by atoms with Crippen LogP contribution in [0.15, 0.2) is 71.1 Å². The van der Waals surface area contributed by atoms with Gasteiger partial charge in [-0.1, -0.05) is 26.0 Å². The van der Waals surface area contributed by atoms with Crippen molar-refractivity contribution in [2.45, 2.75) is 26.7 Å². The molecular formula is C26H25N3O3S. The Morgan fingerprint density at radius 3 is 2.64 bits per heavy atom. The third-order valence-electron chi connectivity index (χ3n) is 5.05. The van der Waals surface area contributed by atoms with Gasteiger partial charge in [-0.05, 0) is 85.2 Å². The van der Waals surface area contributed by atoms with Crippen molar-refractivity contribution in [1.29, 1.82) is 0 Å². The minimum absolute atomic E-state index is 0.210. The Morgan fingerprint density at radius 1 is 1.06 bits per heavy atom. The summed E-state index contributed by atoms with van der Waals surface area (Å²) in [5.74, 6) is 0.916. The molecule has 0 unspecified atom stereocenters. The zero-order valence-electron chi connectivity index (χ0n) is 18.6. The van der Waals surface area contributed by atoms with Gasteiger partial charge in [-0.15, -0.1) is 0 Å². The Kier molecular flexibility index (Phi) is 7.00. The second-order valence-electron chi connectivity index (χ2n) is 7.54. The van der Waals surface area contributed by atoms with Crippen LogP contribution in [0.5, 0.6) is 5.75 Å². The molecule has 0 aliphatic carbocycles. The van der Waals surface area contributed by atoms with Crippen LogP contribution < -0.4 is 15.4 Å². The number of carbonyl (C=O) groups is 1. The van der Waals surface area contributed by atoms with Gasteiger partial charge >= 0.3 is 0 Å². The standard InChI is InChI=1S/C26H25N3O3S/c1-3-14-31-21-7-5-6-19(16-21)24(30)29-26(33)27-20-11-9-18(10-12-20)25-28-22-15-17(4-2)8-13-23(22)32-25/h5-13,15-16H,3-4,14H2,1-2H3,(H2,27,29,30,33). The molecule has 0 aliphatic rings. The fraction of sp³-hybridized carbons (Fsp3) is 0.192. The van der Waals surface area contributed by atoms with E-state index in [1.807, 2.05) is 55.5 Å². The maximum Gasteiger partial charge on any atom is 0.257 e. The lowest BCUT2D eigenvalue weighted by Crippen LogP contribution is -2.34. The largest absolute Gasteiger partial charge is 0.494 e. The van der Waals surface area contributed by atoms with E-state index in [-0.39, 0.29) is 11.0 Å². The molecule has 33 heavy (non-hydrogen) atoms. The number of anilines is 1. The van der Waals surface area contributed by atoms with Crippen LogP contribution in [0.25, 0.3) is 22.6 Å². The molecule has 0 bridgehead atoms. The van der Waals surface area contributed by atoms with Crippen LogP contribution >= 0.6 is 12.2 Å². The van der Waals surface area contributed by atoms with Gasteiger partial charge in [0, 0.05) is 16.8 Å². The van der Waals surface area contributed by atoms with Gasteiger partial charge in [0.2, 0.25) is 5.89 Å². The van der Waals surface area contributed by atoms with Crippen molar-refractivity contribution < 1.29 is 13.9 Å². The Morgan fingerprint density at radius 2 is 1.88 bits per heavy atom. The Labute approximate surface area is 198 Å². The van der Waals surface area contributed by atoms with Crippen LogP contribution in [-0.2, 0) is 6.42 Å². The Balaban J connectivity index is 1.39. The predicted molar refractivity (Wildman–Crippen MR) is 135 cm³/mol. The van der Waals surface area contributed by atoms with Crippen LogP contribution in [0.2, 0.25) is 0 Å². The maximum atomic E-state index is 12.5. The lowest BCUT2D eigenvalue weighted by Gasteiger charge is -2.11. The summed E-state index contributed by atoms with van der Waals surface area (Å²) in [5.41, 5.74) is 4.90. The number of nitrogens with one attached hydrogen (secondary N) is 2. The first-order valence-corrected chi connectivity index (χ1v) is 11.3. The summed E-state index contributed by atoms with van der Waals surface area (Å²) >= 11 is 5.30. The SMILES string of the molecule is CCCOc1cccc(C(=O)NC(=S)Nc2ccc(-c3nc4cc(CC)ccc4o3)cc2)c1. The van der Waals surface area contributed by atoms with Crippen molar-refractivity contribution >= 4 is 40.0 Å². The normalized spacial score (nSPS) is 10.7. The summed E-state index contributed by atoms with van der Waals surface area (Å²) in [6.45, 7) is 4.74. The van der Waals surface area contributed by atoms with Crippen LogP contribution in [0, 0.1) is 0 Å². The number of aryl methyl sites for hydroxylation is 1. The molecule has 2 N–H and O–H groups in total. The average Bonchev–Trinajstić information content (AvgIpc) is 3.26. The van der Waals surface area contributed by atoms with Crippen molar-refractivity contribution in [3.05, 3.63) is 77.9 Å². The van der Waals surface area contributed by atoms with E-state index in [4.69, 9.17) is 21.4 Å². The second-order valence-corrected chi connectivity index (χ2v) is 7.94. The number of benzene rings is 3. The van der Waals surface area contributed by atoms with Gasteiger partial charge in [0.15, 0.2) is 10.7 Å². The van der Waals surface area contributed by atoms with Gasteiger partial charge in [0.1, 0.15) is 11.3 Å². The third-order valence-corrected chi connectivity index (χ3v) is 5.25. The molecule has 168 valence electrons. The van der Waals surface area contributed by atoms with E-state index in [1.165, 1.54) is 5.56 Å². The number of fused-ring (bicyclic) bond motifs is 1. The van der Waals surface area contributed by atoms with E-state index in [0.717, 1.165) is 35.2 Å². The smallest absolute Gasteiger partial charge is 0.257 e. The molecule has 0 radical (unpaired) electrons. The number of ether oxygens (including phenoxy) is 1. The molecule has 1 amide bonds. The molecule has 3 aromatic carbocycles. The summed E-state index contributed by atoms with van der Waals surface area (Å²) in [6.07, 6.45) is 1.85. The quantitative estimate of drug-likeness (QED) is 0.332. The first kappa shape index (κ1) is 22.5. The fourth-order valence-electron chi connectivity index (χ4n) is 3.30.